The number of methoxy groups -OCH3 is 1. The molecule has 0 spiro atoms. The monoisotopic (exact) mass is 442 g/mol. The molecule has 30 heavy (non-hydrogen) atoms. The number of hydrogen-bond acceptors (Lipinski definition) is 4. The van der Waals surface area contributed by atoms with Gasteiger partial charge in [-0.25, -0.2) is 9.82 Å². The number of ether oxygens (including phenoxy) is 2. The highest BCUT2D eigenvalue weighted by atomic mass is 19.4. The van der Waals surface area contributed by atoms with Gasteiger partial charge in [0.2, 0.25) is 0 Å². The largest absolute Gasteiger partial charge is 0.493 e. The molecule has 0 heterocycles. The Labute approximate surface area is 165 Å². The molecule has 2 aromatic rings. The minimum atomic E-state index is -6.47. The average molecular weight is 442 g/mol. The number of halogens is 8. The van der Waals surface area contributed by atoms with Crippen LogP contribution in [-0.4, -0.2) is 31.5 Å². The van der Waals surface area contributed by atoms with Crippen molar-refractivity contribution in [1.29, 1.82) is 0 Å². The molecule has 0 aromatic heterocycles. The first kappa shape index (κ1) is 23.2. The predicted octanol–water partition coefficient (Wildman–Crippen LogP) is 5.13. The summed E-state index contributed by atoms with van der Waals surface area (Å²) in [6, 6.07) is 3.72. The molecule has 0 amide bonds. The third-order valence-corrected chi connectivity index (χ3v) is 3.64. The van der Waals surface area contributed by atoms with E-state index in [0.717, 1.165) is 0 Å². The zero-order valence-electron chi connectivity index (χ0n) is 15.1. The van der Waals surface area contributed by atoms with Gasteiger partial charge in [0.25, 0.3) is 0 Å². The second-order valence-electron chi connectivity index (χ2n) is 5.85. The standard InChI is InChI=1S/C18H14F8N2O2/c1-29-15-8-11(9-27-28-18(25,26)16(20,21)17(22,23)24)5-6-14(15)30-10-12-3-2-4-13(19)7-12/h2-9,28H,10H2,1H3/b27-9+. The molecule has 164 valence electrons. The highest BCUT2D eigenvalue weighted by Crippen LogP contribution is 2.45. The van der Waals surface area contributed by atoms with Crippen molar-refractivity contribution < 1.29 is 44.6 Å². The molecule has 0 aliphatic heterocycles. The first-order chi connectivity index (χ1) is 13.9. The van der Waals surface area contributed by atoms with Crippen molar-refractivity contribution in [1.82, 2.24) is 5.43 Å². The molecular weight excluding hydrogens is 428 g/mol. The zero-order valence-corrected chi connectivity index (χ0v) is 15.1. The van der Waals surface area contributed by atoms with Gasteiger partial charge in [-0.15, -0.1) is 0 Å². The van der Waals surface area contributed by atoms with E-state index >= 15 is 0 Å². The van der Waals surface area contributed by atoms with E-state index in [1.807, 2.05) is 0 Å². The number of benzene rings is 2. The van der Waals surface area contributed by atoms with Crippen LogP contribution < -0.4 is 14.9 Å². The summed E-state index contributed by atoms with van der Waals surface area (Å²) < 4.78 is 112. The van der Waals surface area contributed by atoms with E-state index < -0.39 is 24.0 Å². The predicted molar refractivity (Wildman–Crippen MR) is 90.4 cm³/mol. The van der Waals surface area contributed by atoms with Gasteiger partial charge in [-0.1, -0.05) is 12.1 Å². The van der Waals surface area contributed by atoms with Crippen molar-refractivity contribution in [3.8, 4) is 11.5 Å². The summed E-state index contributed by atoms with van der Waals surface area (Å²) in [6.45, 7) is -0.0259. The summed E-state index contributed by atoms with van der Waals surface area (Å²) in [4.78, 5) is 0. The van der Waals surface area contributed by atoms with Crippen LogP contribution in [0, 0.1) is 5.82 Å². The van der Waals surface area contributed by atoms with Crippen molar-refractivity contribution in [3.63, 3.8) is 0 Å². The molecule has 0 fully saturated rings. The molecule has 2 rings (SSSR count). The summed E-state index contributed by atoms with van der Waals surface area (Å²) in [5.74, 6) is -6.53. The lowest BCUT2D eigenvalue weighted by Gasteiger charge is -2.27. The Kier molecular flexibility index (Phi) is 6.78. The number of nitrogens with one attached hydrogen (secondary N) is 1. The van der Waals surface area contributed by atoms with Gasteiger partial charge in [0.15, 0.2) is 11.5 Å². The molecule has 0 aliphatic rings. The first-order valence-electron chi connectivity index (χ1n) is 8.05. The van der Waals surface area contributed by atoms with Crippen LogP contribution in [-0.2, 0) is 6.61 Å². The second-order valence-corrected chi connectivity index (χ2v) is 5.85. The molecule has 0 unspecified atom stereocenters. The van der Waals surface area contributed by atoms with Gasteiger partial charge in [-0.3, -0.25) is 0 Å². The van der Waals surface area contributed by atoms with E-state index in [4.69, 9.17) is 9.47 Å². The lowest BCUT2D eigenvalue weighted by molar-refractivity contribution is -0.361. The Balaban J connectivity index is 2.09. The molecule has 1 N–H and O–H groups in total. The Bertz CT molecular complexity index is 900. The summed E-state index contributed by atoms with van der Waals surface area (Å²) in [5, 5.41) is 2.76. The lowest BCUT2D eigenvalue weighted by Crippen LogP contribution is -2.58. The van der Waals surface area contributed by atoms with E-state index in [1.165, 1.54) is 43.5 Å². The molecule has 0 saturated heterocycles. The van der Waals surface area contributed by atoms with E-state index in [-0.39, 0.29) is 23.7 Å². The minimum absolute atomic E-state index is 0.0259. The van der Waals surface area contributed by atoms with E-state index in [9.17, 15) is 35.1 Å². The van der Waals surface area contributed by atoms with Crippen LogP contribution in [0.3, 0.4) is 0 Å². The van der Waals surface area contributed by atoms with Crippen molar-refractivity contribution in [2.24, 2.45) is 5.10 Å². The van der Waals surface area contributed by atoms with Crippen LogP contribution in [0.25, 0.3) is 0 Å². The molecule has 0 saturated carbocycles. The fraction of sp³-hybridized carbons (Fsp3) is 0.278. The van der Waals surface area contributed by atoms with Crippen LogP contribution >= 0.6 is 0 Å². The van der Waals surface area contributed by atoms with E-state index in [2.05, 4.69) is 5.10 Å². The van der Waals surface area contributed by atoms with Gasteiger partial charge in [0, 0.05) is 0 Å². The molecule has 0 aliphatic carbocycles. The molecule has 12 heteroatoms. The molecule has 0 radical (unpaired) electrons. The number of nitrogens with zero attached hydrogens (tertiary/aromatic N) is 1. The maximum absolute atomic E-state index is 13.2. The second kappa shape index (κ2) is 8.76. The molecule has 0 atom stereocenters. The Morgan fingerprint density at radius 3 is 2.27 bits per heavy atom. The highest BCUT2D eigenvalue weighted by Gasteiger charge is 2.73. The normalized spacial score (nSPS) is 12.8. The van der Waals surface area contributed by atoms with Crippen LogP contribution in [0.15, 0.2) is 47.6 Å². The number of hydrogen-bond donors (Lipinski definition) is 1. The maximum Gasteiger partial charge on any atom is 0.462 e. The number of rotatable bonds is 8. The van der Waals surface area contributed by atoms with Gasteiger partial charge in [0.05, 0.1) is 13.3 Å². The van der Waals surface area contributed by atoms with Gasteiger partial charge < -0.3 is 9.47 Å². The minimum Gasteiger partial charge on any atom is -0.493 e. The third-order valence-electron chi connectivity index (χ3n) is 3.64. The van der Waals surface area contributed by atoms with Gasteiger partial charge in [-0.05, 0) is 41.5 Å². The van der Waals surface area contributed by atoms with Gasteiger partial charge >= 0.3 is 18.1 Å². The Morgan fingerprint density at radius 2 is 1.67 bits per heavy atom. The zero-order chi connectivity index (χ0) is 22.6. The number of hydrazone groups is 1. The third kappa shape index (κ3) is 5.30. The SMILES string of the molecule is COc1cc(/C=N/NC(F)(F)C(F)(F)C(F)(F)F)ccc1OCc1cccc(F)c1. The Morgan fingerprint density at radius 1 is 0.967 bits per heavy atom. The lowest BCUT2D eigenvalue weighted by atomic mass is 10.2. The quantitative estimate of drug-likeness (QED) is 0.267. The van der Waals surface area contributed by atoms with Crippen molar-refractivity contribution in [2.75, 3.05) is 7.11 Å². The molecular formula is C18H14F8N2O2. The first-order valence-corrected chi connectivity index (χ1v) is 8.05. The van der Waals surface area contributed by atoms with Crippen molar-refractivity contribution >= 4 is 6.21 Å². The summed E-state index contributed by atoms with van der Waals surface area (Å²) in [7, 11) is 1.25. The highest BCUT2D eigenvalue weighted by molar-refractivity contribution is 5.80. The molecule has 0 bridgehead atoms. The fourth-order valence-electron chi connectivity index (χ4n) is 2.11. The van der Waals surface area contributed by atoms with Crippen LogP contribution in [0.4, 0.5) is 35.1 Å². The van der Waals surface area contributed by atoms with Crippen molar-refractivity contribution in [3.05, 3.63) is 59.4 Å². The fourth-order valence-corrected chi connectivity index (χ4v) is 2.11. The van der Waals surface area contributed by atoms with Gasteiger partial charge in [0.1, 0.15) is 12.4 Å². The van der Waals surface area contributed by atoms with Crippen LogP contribution in [0.1, 0.15) is 11.1 Å². The molecule has 4 nitrogen and oxygen atoms in total. The Hall–Kier alpha value is -3.05. The maximum atomic E-state index is 13.2. The average Bonchev–Trinajstić information content (AvgIpc) is 2.65. The van der Waals surface area contributed by atoms with E-state index in [0.29, 0.717) is 17.2 Å². The summed E-state index contributed by atoms with van der Waals surface area (Å²) in [6.07, 6.45) is -5.87. The smallest absolute Gasteiger partial charge is 0.462 e. The van der Waals surface area contributed by atoms with Crippen molar-refractivity contribution in [2.45, 2.75) is 24.8 Å². The van der Waals surface area contributed by atoms with Crippen LogP contribution in [0.5, 0.6) is 11.5 Å². The summed E-state index contributed by atoms with van der Waals surface area (Å²) in [5.41, 5.74) is 1.06. The topological polar surface area (TPSA) is 42.8 Å². The van der Waals surface area contributed by atoms with E-state index in [1.54, 1.807) is 6.07 Å². The number of alkyl halides is 7. The van der Waals surface area contributed by atoms with Crippen LogP contribution in [0.2, 0.25) is 0 Å². The molecule has 2 aromatic carbocycles. The van der Waals surface area contributed by atoms with Gasteiger partial charge in [-0.2, -0.15) is 35.8 Å². The summed E-state index contributed by atoms with van der Waals surface area (Å²) >= 11 is 0.